The van der Waals surface area contributed by atoms with Crippen molar-refractivity contribution >= 4 is 27.4 Å². The molecule has 0 aliphatic heterocycles. The van der Waals surface area contributed by atoms with Gasteiger partial charge in [-0.25, -0.2) is 0 Å². The first-order valence-corrected chi connectivity index (χ1v) is 6.61. The zero-order valence-electron chi connectivity index (χ0n) is 10.7. The molecule has 0 unspecified atom stereocenters. The van der Waals surface area contributed by atoms with E-state index in [9.17, 15) is 4.79 Å². The summed E-state index contributed by atoms with van der Waals surface area (Å²) in [5.74, 6) is 0.702. The minimum Gasteiger partial charge on any atom is -0.496 e. The van der Waals surface area contributed by atoms with Crippen LogP contribution in [-0.2, 0) is 0 Å². The van der Waals surface area contributed by atoms with Crippen LogP contribution < -0.4 is 10.1 Å². The van der Waals surface area contributed by atoms with Gasteiger partial charge in [0.15, 0.2) is 5.78 Å². The molecule has 0 radical (unpaired) electrons. The van der Waals surface area contributed by atoms with Gasteiger partial charge in [0.1, 0.15) is 5.75 Å². The van der Waals surface area contributed by atoms with Crippen LogP contribution in [0, 0.1) is 0 Å². The summed E-state index contributed by atoms with van der Waals surface area (Å²) in [6.07, 6.45) is 0. The number of ether oxygens (including phenoxy) is 1. The van der Waals surface area contributed by atoms with Gasteiger partial charge in [-0.15, -0.1) is 0 Å². The van der Waals surface area contributed by atoms with Gasteiger partial charge in [0.2, 0.25) is 0 Å². The fraction of sp³-hybridized carbons (Fsp3) is 0.133. The second-order valence-corrected chi connectivity index (χ2v) is 4.86. The number of benzene rings is 2. The molecule has 0 bridgehead atoms. The molecule has 0 spiro atoms. The van der Waals surface area contributed by atoms with Crippen LogP contribution in [0.25, 0.3) is 0 Å². The second-order valence-electron chi connectivity index (χ2n) is 4.01. The third-order valence-electron chi connectivity index (χ3n) is 2.85. The Hall–Kier alpha value is -1.81. The number of carbonyl (C=O) groups excluding carboxylic acids is 1. The Morgan fingerprint density at radius 2 is 1.74 bits per heavy atom. The van der Waals surface area contributed by atoms with Crippen molar-refractivity contribution in [3.63, 3.8) is 0 Å². The first kappa shape index (κ1) is 13.6. The lowest BCUT2D eigenvalue weighted by Crippen LogP contribution is -2.02. The summed E-state index contributed by atoms with van der Waals surface area (Å²) < 4.78 is 5.92. The van der Waals surface area contributed by atoms with Gasteiger partial charge in [-0.3, -0.25) is 4.79 Å². The summed E-state index contributed by atoms with van der Waals surface area (Å²) in [4.78, 5) is 12.3. The van der Waals surface area contributed by atoms with Gasteiger partial charge in [0.25, 0.3) is 0 Å². The third-order valence-corrected chi connectivity index (χ3v) is 3.47. The van der Waals surface area contributed by atoms with E-state index >= 15 is 0 Å². The fourth-order valence-electron chi connectivity index (χ4n) is 1.76. The topological polar surface area (TPSA) is 38.3 Å². The number of methoxy groups -OCH3 is 1. The highest BCUT2D eigenvalue weighted by Crippen LogP contribution is 2.26. The van der Waals surface area contributed by atoms with Crippen molar-refractivity contribution in [1.29, 1.82) is 0 Å². The molecule has 0 amide bonds. The Labute approximate surface area is 120 Å². The Kier molecular flexibility index (Phi) is 4.22. The maximum absolute atomic E-state index is 12.3. The van der Waals surface area contributed by atoms with Crippen molar-refractivity contribution in [3.05, 3.63) is 58.1 Å². The Morgan fingerprint density at radius 1 is 1.11 bits per heavy atom. The van der Waals surface area contributed by atoms with E-state index in [4.69, 9.17) is 4.74 Å². The number of rotatable bonds is 4. The molecular weight excluding hydrogens is 306 g/mol. The molecule has 2 rings (SSSR count). The zero-order chi connectivity index (χ0) is 13.8. The first-order chi connectivity index (χ1) is 9.15. The van der Waals surface area contributed by atoms with Crippen LogP contribution in [0.5, 0.6) is 5.75 Å². The molecule has 3 nitrogen and oxygen atoms in total. The largest absolute Gasteiger partial charge is 0.496 e. The van der Waals surface area contributed by atoms with E-state index in [0.29, 0.717) is 16.9 Å². The number of carbonyl (C=O) groups is 1. The summed E-state index contributed by atoms with van der Waals surface area (Å²) in [5, 5.41) is 3.02. The van der Waals surface area contributed by atoms with E-state index in [0.717, 1.165) is 10.2 Å². The monoisotopic (exact) mass is 319 g/mol. The number of ketones is 1. The van der Waals surface area contributed by atoms with Crippen molar-refractivity contribution in [2.24, 2.45) is 0 Å². The highest BCUT2D eigenvalue weighted by atomic mass is 79.9. The molecule has 0 aliphatic carbocycles. The molecule has 0 aromatic heterocycles. The van der Waals surface area contributed by atoms with E-state index in [1.54, 1.807) is 25.3 Å². The summed E-state index contributed by atoms with van der Waals surface area (Å²) in [7, 11) is 3.44. The van der Waals surface area contributed by atoms with Gasteiger partial charge in [-0.2, -0.15) is 0 Å². The van der Waals surface area contributed by atoms with E-state index in [-0.39, 0.29) is 5.78 Å². The highest BCUT2D eigenvalue weighted by molar-refractivity contribution is 9.10. The SMILES string of the molecule is CNc1ccc(C(=O)c2ccc(OC)c(Br)c2)cc1. The molecular formula is C15H14BrNO2. The van der Waals surface area contributed by atoms with Gasteiger partial charge < -0.3 is 10.1 Å². The third kappa shape index (κ3) is 2.96. The van der Waals surface area contributed by atoms with Crippen molar-refractivity contribution in [2.75, 3.05) is 19.5 Å². The predicted molar refractivity (Wildman–Crippen MR) is 80.1 cm³/mol. The van der Waals surface area contributed by atoms with Gasteiger partial charge in [0, 0.05) is 23.9 Å². The molecule has 2 aromatic carbocycles. The van der Waals surface area contributed by atoms with Crippen molar-refractivity contribution < 1.29 is 9.53 Å². The molecule has 0 saturated heterocycles. The van der Waals surface area contributed by atoms with E-state index in [1.807, 2.05) is 31.3 Å². The Balaban J connectivity index is 2.30. The molecule has 2 aromatic rings. The maximum Gasteiger partial charge on any atom is 0.193 e. The summed E-state index contributed by atoms with van der Waals surface area (Å²) in [6.45, 7) is 0. The van der Waals surface area contributed by atoms with Crippen LogP contribution in [0.15, 0.2) is 46.9 Å². The average Bonchev–Trinajstić information content (AvgIpc) is 2.46. The van der Waals surface area contributed by atoms with Crippen LogP contribution in [0.3, 0.4) is 0 Å². The summed E-state index contributed by atoms with van der Waals surface area (Å²) >= 11 is 3.38. The standard InChI is InChI=1S/C15H14BrNO2/c1-17-12-6-3-10(4-7-12)15(18)11-5-8-14(19-2)13(16)9-11/h3-9,17H,1-2H3. The quantitative estimate of drug-likeness (QED) is 0.873. The van der Waals surface area contributed by atoms with Gasteiger partial charge in [0.05, 0.1) is 11.6 Å². The molecule has 4 heteroatoms. The molecule has 0 aliphatic rings. The first-order valence-electron chi connectivity index (χ1n) is 5.81. The number of hydrogen-bond acceptors (Lipinski definition) is 3. The predicted octanol–water partition coefficient (Wildman–Crippen LogP) is 3.73. The molecule has 19 heavy (non-hydrogen) atoms. The molecule has 0 atom stereocenters. The van der Waals surface area contributed by atoms with Crippen LogP contribution in [-0.4, -0.2) is 19.9 Å². The molecule has 98 valence electrons. The number of nitrogens with one attached hydrogen (secondary N) is 1. The number of halogens is 1. The lowest BCUT2D eigenvalue weighted by molar-refractivity contribution is 0.103. The van der Waals surface area contributed by atoms with Gasteiger partial charge in [-0.1, -0.05) is 0 Å². The van der Waals surface area contributed by atoms with Crippen LogP contribution in [0.4, 0.5) is 5.69 Å². The van der Waals surface area contributed by atoms with Gasteiger partial charge >= 0.3 is 0 Å². The molecule has 0 fully saturated rings. The summed E-state index contributed by atoms with van der Waals surface area (Å²) in [6, 6.07) is 12.7. The lowest BCUT2D eigenvalue weighted by Gasteiger charge is -2.06. The maximum atomic E-state index is 12.3. The van der Waals surface area contributed by atoms with Crippen molar-refractivity contribution in [3.8, 4) is 5.75 Å². The molecule has 1 N–H and O–H groups in total. The molecule has 0 heterocycles. The van der Waals surface area contributed by atoms with Crippen LogP contribution in [0.2, 0.25) is 0 Å². The second kappa shape index (κ2) is 5.89. The minimum absolute atomic E-state index is 0.00833. The minimum atomic E-state index is -0.00833. The lowest BCUT2D eigenvalue weighted by atomic mass is 10.0. The highest BCUT2D eigenvalue weighted by Gasteiger charge is 2.11. The fourth-order valence-corrected chi connectivity index (χ4v) is 2.30. The van der Waals surface area contributed by atoms with E-state index in [1.165, 1.54) is 0 Å². The van der Waals surface area contributed by atoms with Crippen LogP contribution >= 0.6 is 15.9 Å². The van der Waals surface area contributed by atoms with E-state index < -0.39 is 0 Å². The smallest absolute Gasteiger partial charge is 0.193 e. The van der Waals surface area contributed by atoms with Crippen LogP contribution in [0.1, 0.15) is 15.9 Å². The zero-order valence-corrected chi connectivity index (χ0v) is 12.3. The summed E-state index contributed by atoms with van der Waals surface area (Å²) in [5.41, 5.74) is 2.27. The van der Waals surface area contributed by atoms with E-state index in [2.05, 4.69) is 21.2 Å². The Bertz CT molecular complexity index is 594. The average molecular weight is 320 g/mol. The van der Waals surface area contributed by atoms with Gasteiger partial charge in [-0.05, 0) is 58.4 Å². The number of anilines is 1. The molecule has 0 saturated carbocycles. The van der Waals surface area contributed by atoms with Crippen molar-refractivity contribution in [2.45, 2.75) is 0 Å². The number of hydrogen-bond donors (Lipinski definition) is 1. The Morgan fingerprint density at radius 3 is 2.26 bits per heavy atom. The van der Waals surface area contributed by atoms with Crippen molar-refractivity contribution in [1.82, 2.24) is 0 Å². The normalized spacial score (nSPS) is 10.1.